The minimum absolute atomic E-state index is 0.00328. The molecule has 1 unspecified atom stereocenters. The van der Waals surface area contributed by atoms with E-state index in [4.69, 9.17) is 10.7 Å². The highest BCUT2D eigenvalue weighted by Gasteiger charge is 2.31. The summed E-state index contributed by atoms with van der Waals surface area (Å²) in [5.74, 6) is 0.967. The molecular weight excluding hydrogens is 312 g/mol. The highest BCUT2D eigenvalue weighted by molar-refractivity contribution is 8.13. The van der Waals surface area contributed by atoms with Crippen LogP contribution in [0.1, 0.15) is 49.1 Å². The van der Waals surface area contributed by atoms with Crippen molar-refractivity contribution in [3.63, 3.8) is 0 Å². The van der Waals surface area contributed by atoms with Gasteiger partial charge in [0.15, 0.2) is 0 Å². The molecule has 0 radical (unpaired) electrons. The molecule has 7 heteroatoms. The Bertz CT molecular complexity index is 660. The van der Waals surface area contributed by atoms with Gasteiger partial charge in [0.05, 0.1) is 0 Å². The molecule has 2 fully saturated rings. The summed E-state index contributed by atoms with van der Waals surface area (Å²) in [6, 6.07) is 1.59. The van der Waals surface area contributed by atoms with Crippen LogP contribution in [0.4, 0.5) is 0 Å². The standard InChI is InChI=1S/C14H19ClN2O3S/c1-9(10-2-3-10)7-16-14(18)13-6-12(21(15,19)20)8-17(13)11-4-5-11/h6,8-11H,2-5,7H2,1H3,(H,16,18). The lowest BCUT2D eigenvalue weighted by Crippen LogP contribution is -2.30. The van der Waals surface area contributed by atoms with Crippen LogP contribution >= 0.6 is 10.7 Å². The molecule has 1 heterocycles. The highest BCUT2D eigenvalue weighted by atomic mass is 35.7. The van der Waals surface area contributed by atoms with Crippen molar-refractivity contribution in [2.24, 2.45) is 11.8 Å². The number of nitrogens with zero attached hydrogens (tertiary/aromatic N) is 1. The molecular formula is C14H19ClN2O3S. The fraction of sp³-hybridized carbons (Fsp3) is 0.643. The molecule has 2 saturated carbocycles. The van der Waals surface area contributed by atoms with Gasteiger partial charge in [-0.3, -0.25) is 4.79 Å². The van der Waals surface area contributed by atoms with Gasteiger partial charge in [-0.2, -0.15) is 0 Å². The van der Waals surface area contributed by atoms with E-state index in [0.29, 0.717) is 18.2 Å². The first-order valence-electron chi connectivity index (χ1n) is 7.31. The van der Waals surface area contributed by atoms with Crippen molar-refractivity contribution in [3.8, 4) is 0 Å². The van der Waals surface area contributed by atoms with Gasteiger partial charge in [-0.25, -0.2) is 8.42 Å². The Hall–Kier alpha value is -1.01. The molecule has 3 rings (SSSR count). The summed E-state index contributed by atoms with van der Waals surface area (Å²) in [5.41, 5.74) is 0.389. The number of nitrogens with one attached hydrogen (secondary N) is 1. The molecule has 1 amide bonds. The van der Waals surface area contributed by atoms with E-state index in [1.54, 1.807) is 4.57 Å². The quantitative estimate of drug-likeness (QED) is 0.815. The molecule has 116 valence electrons. The maximum atomic E-state index is 12.3. The van der Waals surface area contributed by atoms with E-state index >= 15 is 0 Å². The largest absolute Gasteiger partial charge is 0.350 e. The predicted molar refractivity (Wildman–Crippen MR) is 80.0 cm³/mol. The van der Waals surface area contributed by atoms with Gasteiger partial charge in [0, 0.05) is 29.5 Å². The maximum Gasteiger partial charge on any atom is 0.267 e. The molecule has 1 aromatic rings. The van der Waals surface area contributed by atoms with Gasteiger partial charge in [-0.1, -0.05) is 6.92 Å². The molecule has 2 aliphatic carbocycles. The molecule has 0 spiro atoms. The second kappa shape index (κ2) is 5.32. The van der Waals surface area contributed by atoms with E-state index in [9.17, 15) is 13.2 Å². The van der Waals surface area contributed by atoms with Gasteiger partial charge in [-0.15, -0.1) is 0 Å². The lowest BCUT2D eigenvalue weighted by Gasteiger charge is -2.12. The zero-order chi connectivity index (χ0) is 15.2. The maximum absolute atomic E-state index is 12.3. The molecule has 0 saturated heterocycles. The van der Waals surface area contributed by atoms with E-state index in [2.05, 4.69) is 12.2 Å². The summed E-state index contributed by atoms with van der Waals surface area (Å²) in [7, 11) is 1.57. The van der Waals surface area contributed by atoms with E-state index in [0.717, 1.165) is 18.8 Å². The van der Waals surface area contributed by atoms with Crippen molar-refractivity contribution in [2.45, 2.75) is 43.5 Å². The molecule has 0 aromatic carbocycles. The van der Waals surface area contributed by atoms with Crippen LogP contribution in [-0.2, 0) is 9.05 Å². The zero-order valence-electron chi connectivity index (χ0n) is 11.9. The summed E-state index contributed by atoms with van der Waals surface area (Å²) in [6.45, 7) is 2.76. The number of carbonyl (C=O) groups excluding carboxylic acids is 1. The Morgan fingerprint density at radius 3 is 2.62 bits per heavy atom. The summed E-state index contributed by atoms with van der Waals surface area (Å²) in [6.07, 6.45) is 5.89. The van der Waals surface area contributed by atoms with Crippen LogP contribution in [0.3, 0.4) is 0 Å². The van der Waals surface area contributed by atoms with Gasteiger partial charge < -0.3 is 9.88 Å². The third-order valence-corrected chi connectivity index (χ3v) is 5.61. The summed E-state index contributed by atoms with van der Waals surface area (Å²) < 4.78 is 24.6. The molecule has 1 atom stereocenters. The molecule has 2 aliphatic rings. The second-order valence-corrected chi connectivity index (χ2v) is 8.73. The zero-order valence-corrected chi connectivity index (χ0v) is 13.5. The van der Waals surface area contributed by atoms with Crippen LogP contribution in [0.15, 0.2) is 17.2 Å². The Morgan fingerprint density at radius 1 is 1.43 bits per heavy atom. The number of aromatic nitrogens is 1. The van der Waals surface area contributed by atoms with E-state index < -0.39 is 9.05 Å². The van der Waals surface area contributed by atoms with Crippen molar-refractivity contribution in [1.82, 2.24) is 9.88 Å². The van der Waals surface area contributed by atoms with E-state index in [1.165, 1.54) is 25.1 Å². The van der Waals surface area contributed by atoms with E-state index in [1.807, 2.05) is 0 Å². The first kappa shape index (κ1) is 14.9. The predicted octanol–water partition coefficient (Wildman–Crippen LogP) is 2.53. The Kier molecular flexibility index (Phi) is 3.78. The van der Waals surface area contributed by atoms with Crippen LogP contribution < -0.4 is 5.32 Å². The minimum Gasteiger partial charge on any atom is -0.350 e. The monoisotopic (exact) mass is 330 g/mol. The van der Waals surface area contributed by atoms with Crippen molar-refractivity contribution < 1.29 is 13.2 Å². The normalized spacial score (nSPS) is 20.3. The summed E-state index contributed by atoms with van der Waals surface area (Å²) >= 11 is 0. The van der Waals surface area contributed by atoms with Gasteiger partial charge in [0.1, 0.15) is 10.6 Å². The fourth-order valence-corrected chi connectivity index (χ4v) is 3.35. The van der Waals surface area contributed by atoms with Crippen LogP contribution in [0.5, 0.6) is 0 Å². The fourth-order valence-electron chi connectivity index (χ4n) is 2.60. The third-order valence-electron chi connectivity index (χ3n) is 4.29. The van der Waals surface area contributed by atoms with Crippen LogP contribution in [-0.4, -0.2) is 25.4 Å². The first-order chi connectivity index (χ1) is 9.86. The first-order valence-corrected chi connectivity index (χ1v) is 9.62. The number of hydrogen-bond donors (Lipinski definition) is 1. The van der Waals surface area contributed by atoms with Crippen molar-refractivity contribution in [3.05, 3.63) is 18.0 Å². The van der Waals surface area contributed by atoms with Gasteiger partial charge >= 0.3 is 0 Å². The molecule has 5 nitrogen and oxygen atoms in total. The number of rotatable bonds is 6. The number of halogens is 1. The van der Waals surface area contributed by atoms with Crippen molar-refractivity contribution >= 4 is 25.6 Å². The summed E-state index contributed by atoms with van der Waals surface area (Å²) in [4.78, 5) is 12.3. The summed E-state index contributed by atoms with van der Waals surface area (Å²) in [5, 5.41) is 2.91. The molecule has 0 aliphatic heterocycles. The number of amides is 1. The SMILES string of the molecule is CC(CNC(=O)c1cc(S(=O)(=O)Cl)cn1C1CC1)C1CC1. The van der Waals surface area contributed by atoms with E-state index in [-0.39, 0.29) is 16.8 Å². The average Bonchev–Trinajstić information content (AvgIpc) is 3.31. The minimum atomic E-state index is -3.81. The van der Waals surface area contributed by atoms with Crippen molar-refractivity contribution in [1.29, 1.82) is 0 Å². The lowest BCUT2D eigenvalue weighted by molar-refractivity contribution is 0.0937. The number of carbonyl (C=O) groups is 1. The lowest BCUT2D eigenvalue weighted by atomic mass is 10.1. The number of hydrogen-bond acceptors (Lipinski definition) is 3. The van der Waals surface area contributed by atoms with Gasteiger partial charge in [0.2, 0.25) is 0 Å². The van der Waals surface area contributed by atoms with Crippen LogP contribution in [0, 0.1) is 11.8 Å². The molecule has 0 bridgehead atoms. The van der Waals surface area contributed by atoms with Crippen LogP contribution in [0.25, 0.3) is 0 Å². The third kappa shape index (κ3) is 3.43. The molecule has 1 aromatic heterocycles. The topological polar surface area (TPSA) is 68.2 Å². The molecule has 1 N–H and O–H groups in total. The Labute approximate surface area is 129 Å². The van der Waals surface area contributed by atoms with Crippen LogP contribution in [0.2, 0.25) is 0 Å². The highest BCUT2D eigenvalue weighted by Crippen LogP contribution is 2.38. The second-order valence-electron chi connectivity index (χ2n) is 6.16. The Balaban J connectivity index is 1.76. The van der Waals surface area contributed by atoms with Gasteiger partial charge in [0.25, 0.3) is 15.0 Å². The van der Waals surface area contributed by atoms with Gasteiger partial charge in [-0.05, 0) is 43.6 Å². The smallest absolute Gasteiger partial charge is 0.267 e. The average molecular weight is 331 g/mol. The Morgan fingerprint density at radius 2 is 2.10 bits per heavy atom. The van der Waals surface area contributed by atoms with Crippen molar-refractivity contribution in [2.75, 3.05) is 6.54 Å². The molecule has 21 heavy (non-hydrogen) atoms.